The van der Waals surface area contributed by atoms with Crippen LogP contribution in [0, 0.1) is 12.3 Å². The number of benzene rings is 2. The topological polar surface area (TPSA) is 52.0 Å². The Labute approximate surface area is 164 Å². The number of ketones is 2. The molecule has 0 amide bonds. The standard InChI is InChI=1S/C24H20N2O2/c1-3-18-4-8-20(9-5-18)16-22(27)17-21-10-6-19(7-11-21)12-13-23(28)24-25-14-15-26(24)2/h1,4-15H,16-17H2,2H3/b13-12+. The molecule has 0 saturated carbocycles. The van der Waals surface area contributed by atoms with Gasteiger partial charge in [0.1, 0.15) is 5.78 Å². The molecular weight excluding hydrogens is 348 g/mol. The molecule has 1 aromatic heterocycles. The first-order valence-electron chi connectivity index (χ1n) is 8.91. The van der Waals surface area contributed by atoms with Crippen molar-refractivity contribution in [1.82, 2.24) is 9.55 Å². The van der Waals surface area contributed by atoms with Crippen LogP contribution in [0.3, 0.4) is 0 Å². The van der Waals surface area contributed by atoms with E-state index in [9.17, 15) is 9.59 Å². The number of carbonyl (C=O) groups is 2. The predicted molar refractivity (Wildman–Crippen MR) is 110 cm³/mol. The quantitative estimate of drug-likeness (QED) is 0.363. The second kappa shape index (κ2) is 8.79. The van der Waals surface area contributed by atoms with Crippen LogP contribution in [0.4, 0.5) is 0 Å². The maximum atomic E-state index is 12.3. The van der Waals surface area contributed by atoms with Gasteiger partial charge in [0.05, 0.1) is 0 Å². The molecule has 28 heavy (non-hydrogen) atoms. The highest BCUT2D eigenvalue weighted by Crippen LogP contribution is 2.11. The normalized spacial score (nSPS) is 10.7. The van der Waals surface area contributed by atoms with Crippen LogP contribution in [0.2, 0.25) is 0 Å². The molecule has 1 heterocycles. The lowest BCUT2D eigenvalue weighted by Crippen LogP contribution is -2.06. The second-order valence-corrected chi connectivity index (χ2v) is 6.53. The zero-order valence-electron chi connectivity index (χ0n) is 15.6. The number of aromatic nitrogens is 2. The van der Waals surface area contributed by atoms with Gasteiger partial charge in [-0.25, -0.2) is 4.98 Å². The molecule has 4 nitrogen and oxygen atoms in total. The first kappa shape index (κ1) is 19.1. The van der Waals surface area contributed by atoms with Crippen LogP contribution in [0.1, 0.15) is 32.9 Å². The summed E-state index contributed by atoms with van der Waals surface area (Å²) in [6.07, 6.45) is 12.7. The summed E-state index contributed by atoms with van der Waals surface area (Å²) in [5.41, 5.74) is 3.60. The van der Waals surface area contributed by atoms with E-state index < -0.39 is 0 Å². The number of aryl methyl sites for hydroxylation is 1. The van der Waals surface area contributed by atoms with Gasteiger partial charge in [-0.05, 0) is 34.9 Å². The summed E-state index contributed by atoms with van der Waals surface area (Å²) in [6.45, 7) is 0. The van der Waals surface area contributed by atoms with Crippen molar-refractivity contribution in [2.24, 2.45) is 7.05 Å². The molecule has 0 unspecified atom stereocenters. The summed E-state index contributed by atoms with van der Waals surface area (Å²) in [6, 6.07) is 15.1. The zero-order chi connectivity index (χ0) is 19.9. The van der Waals surface area contributed by atoms with Gasteiger partial charge in [0.25, 0.3) is 0 Å². The lowest BCUT2D eigenvalue weighted by atomic mass is 10.0. The van der Waals surface area contributed by atoms with Gasteiger partial charge in [0, 0.05) is 37.8 Å². The van der Waals surface area contributed by atoms with Crippen molar-refractivity contribution < 1.29 is 9.59 Å². The molecular formula is C24H20N2O2. The van der Waals surface area contributed by atoms with Gasteiger partial charge >= 0.3 is 0 Å². The SMILES string of the molecule is C#Cc1ccc(CC(=O)Cc2ccc(/C=C/C(=O)c3nccn3C)cc2)cc1. The van der Waals surface area contributed by atoms with E-state index in [0.717, 1.165) is 22.3 Å². The molecule has 0 fully saturated rings. The molecule has 0 atom stereocenters. The average molecular weight is 368 g/mol. The lowest BCUT2D eigenvalue weighted by molar-refractivity contribution is -0.117. The van der Waals surface area contributed by atoms with Crippen LogP contribution in [0.25, 0.3) is 6.08 Å². The molecule has 0 radical (unpaired) electrons. The average Bonchev–Trinajstić information content (AvgIpc) is 3.14. The largest absolute Gasteiger partial charge is 0.331 e. The van der Waals surface area contributed by atoms with E-state index in [1.165, 1.54) is 6.08 Å². The van der Waals surface area contributed by atoms with Crippen LogP contribution in [0.5, 0.6) is 0 Å². The number of nitrogens with zero attached hydrogens (tertiary/aromatic N) is 2. The molecule has 0 bridgehead atoms. The Hall–Kier alpha value is -3.71. The molecule has 0 aliphatic rings. The molecule has 4 heteroatoms. The maximum Gasteiger partial charge on any atom is 0.221 e. The fourth-order valence-corrected chi connectivity index (χ4v) is 2.83. The van der Waals surface area contributed by atoms with Crippen molar-refractivity contribution in [3.63, 3.8) is 0 Å². The Morgan fingerprint density at radius 3 is 2.18 bits per heavy atom. The van der Waals surface area contributed by atoms with Crippen LogP contribution in [0.15, 0.2) is 67.0 Å². The second-order valence-electron chi connectivity index (χ2n) is 6.53. The smallest absolute Gasteiger partial charge is 0.221 e. The molecule has 0 N–H and O–H groups in total. The summed E-state index contributed by atoms with van der Waals surface area (Å²) in [4.78, 5) is 28.4. The summed E-state index contributed by atoms with van der Waals surface area (Å²) in [5, 5.41) is 0. The van der Waals surface area contributed by atoms with Crippen molar-refractivity contribution in [2.75, 3.05) is 0 Å². The van der Waals surface area contributed by atoms with Gasteiger partial charge in [0.15, 0.2) is 5.82 Å². The fourth-order valence-electron chi connectivity index (χ4n) is 2.83. The Morgan fingerprint density at radius 2 is 1.64 bits per heavy atom. The molecule has 0 spiro atoms. The highest BCUT2D eigenvalue weighted by atomic mass is 16.1. The summed E-state index contributed by atoms with van der Waals surface area (Å²) >= 11 is 0. The van der Waals surface area contributed by atoms with E-state index in [4.69, 9.17) is 6.42 Å². The van der Waals surface area contributed by atoms with E-state index in [-0.39, 0.29) is 11.6 Å². The Bertz CT molecular complexity index is 1050. The van der Waals surface area contributed by atoms with E-state index >= 15 is 0 Å². The number of allylic oxidation sites excluding steroid dienone is 1. The minimum atomic E-state index is -0.150. The number of hydrogen-bond donors (Lipinski definition) is 0. The first-order valence-corrected chi connectivity index (χ1v) is 8.91. The predicted octanol–water partition coefficient (Wildman–Crippen LogP) is 3.65. The van der Waals surface area contributed by atoms with E-state index in [1.807, 2.05) is 48.5 Å². The number of imidazole rings is 1. The van der Waals surface area contributed by atoms with Crippen molar-refractivity contribution >= 4 is 17.6 Å². The summed E-state index contributed by atoms with van der Waals surface area (Å²) < 4.78 is 1.68. The first-order chi connectivity index (χ1) is 13.5. The maximum absolute atomic E-state index is 12.3. The van der Waals surface area contributed by atoms with Crippen molar-refractivity contribution in [2.45, 2.75) is 12.8 Å². The molecule has 3 aromatic rings. The van der Waals surface area contributed by atoms with Crippen LogP contribution < -0.4 is 0 Å². The fraction of sp³-hybridized carbons (Fsp3) is 0.125. The van der Waals surface area contributed by atoms with Crippen molar-refractivity contribution in [3.05, 3.63) is 95.1 Å². The van der Waals surface area contributed by atoms with Crippen LogP contribution >= 0.6 is 0 Å². The molecule has 0 aliphatic carbocycles. The van der Waals surface area contributed by atoms with Gasteiger partial charge in [-0.15, -0.1) is 6.42 Å². The molecule has 138 valence electrons. The van der Waals surface area contributed by atoms with Gasteiger partial charge in [-0.2, -0.15) is 0 Å². The Morgan fingerprint density at radius 1 is 1.04 bits per heavy atom. The van der Waals surface area contributed by atoms with E-state index in [1.54, 1.807) is 30.1 Å². The minimum absolute atomic E-state index is 0.140. The number of hydrogen-bond acceptors (Lipinski definition) is 3. The molecule has 0 saturated heterocycles. The molecule has 3 rings (SSSR count). The van der Waals surface area contributed by atoms with Crippen molar-refractivity contribution in [1.29, 1.82) is 0 Å². The number of Topliss-reactive ketones (excluding diaryl/α,β-unsaturated/α-hetero) is 1. The van der Waals surface area contributed by atoms with Crippen LogP contribution in [-0.2, 0) is 24.7 Å². The van der Waals surface area contributed by atoms with Gasteiger partial charge in [-0.3, -0.25) is 9.59 Å². The van der Waals surface area contributed by atoms with Gasteiger partial charge in [0.2, 0.25) is 5.78 Å². The molecule has 0 aliphatic heterocycles. The third-order valence-electron chi connectivity index (χ3n) is 4.37. The monoisotopic (exact) mass is 368 g/mol. The third kappa shape index (κ3) is 4.93. The number of rotatable bonds is 7. The highest BCUT2D eigenvalue weighted by Gasteiger charge is 2.07. The van der Waals surface area contributed by atoms with E-state index in [2.05, 4.69) is 10.9 Å². The summed E-state index contributed by atoms with van der Waals surface area (Å²) in [5.74, 6) is 2.95. The minimum Gasteiger partial charge on any atom is -0.331 e. The van der Waals surface area contributed by atoms with Crippen molar-refractivity contribution in [3.8, 4) is 12.3 Å². The Kier molecular flexibility index (Phi) is 5.98. The third-order valence-corrected chi connectivity index (χ3v) is 4.37. The lowest BCUT2D eigenvalue weighted by Gasteiger charge is -2.03. The van der Waals surface area contributed by atoms with Gasteiger partial charge in [-0.1, -0.05) is 48.4 Å². The molecule has 2 aromatic carbocycles. The summed E-state index contributed by atoms with van der Waals surface area (Å²) in [7, 11) is 1.78. The van der Waals surface area contributed by atoms with E-state index in [0.29, 0.717) is 18.7 Å². The number of carbonyl (C=O) groups excluding carboxylic acids is 2. The van der Waals surface area contributed by atoms with Gasteiger partial charge < -0.3 is 4.57 Å². The number of terminal acetylenes is 1. The zero-order valence-corrected chi connectivity index (χ0v) is 15.6. The highest BCUT2D eigenvalue weighted by molar-refractivity contribution is 6.04. The Balaban J connectivity index is 1.57. The van der Waals surface area contributed by atoms with Crippen LogP contribution in [-0.4, -0.2) is 21.1 Å².